The van der Waals surface area contributed by atoms with Gasteiger partial charge < -0.3 is 10.1 Å². The molecule has 23 heavy (non-hydrogen) atoms. The Morgan fingerprint density at radius 3 is 2.61 bits per heavy atom. The van der Waals surface area contributed by atoms with E-state index in [4.69, 9.17) is 4.74 Å². The summed E-state index contributed by atoms with van der Waals surface area (Å²) in [6, 6.07) is 6.12. The van der Waals surface area contributed by atoms with E-state index in [9.17, 15) is 9.59 Å². The summed E-state index contributed by atoms with van der Waals surface area (Å²) in [7, 11) is 0. The molecule has 0 aliphatic heterocycles. The molecule has 0 unspecified atom stereocenters. The van der Waals surface area contributed by atoms with Gasteiger partial charge in [-0.15, -0.1) is 0 Å². The number of amides is 1. The molecule has 2 rings (SSSR count). The quantitative estimate of drug-likeness (QED) is 0.849. The molecule has 1 aliphatic carbocycles. The van der Waals surface area contributed by atoms with Crippen molar-refractivity contribution in [3.05, 3.63) is 34.9 Å². The molecule has 126 valence electrons. The monoisotopic (exact) mass is 317 g/mol. The van der Waals surface area contributed by atoms with Gasteiger partial charge in [0.1, 0.15) is 0 Å². The number of aryl methyl sites for hydroxylation is 2. The SMILES string of the molecule is Cc1ccc(CC(=O)OCC(=O)N[C@H]2CCCC[C@H]2C)cc1C. The second kappa shape index (κ2) is 8.14. The number of carbonyl (C=O) groups is 2. The molecular weight excluding hydrogens is 290 g/mol. The Bertz CT molecular complexity index is 568. The summed E-state index contributed by atoms with van der Waals surface area (Å²) in [5.41, 5.74) is 3.27. The molecule has 0 spiro atoms. The summed E-state index contributed by atoms with van der Waals surface area (Å²) >= 11 is 0. The normalized spacial score (nSPS) is 20.8. The van der Waals surface area contributed by atoms with Crippen molar-refractivity contribution >= 4 is 11.9 Å². The van der Waals surface area contributed by atoms with E-state index in [1.807, 2.05) is 32.0 Å². The van der Waals surface area contributed by atoms with Crippen LogP contribution in [0.15, 0.2) is 18.2 Å². The van der Waals surface area contributed by atoms with Crippen molar-refractivity contribution in [1.82, 2.24) is 5.32 Å². The second-order valence-corrected chi connectivity index (χ2v) is 6.69. The topological polar surface area (TPSA) is 55.4 Å². The first-order chi connectivity index (χ1) is 11.0. The standard InChI is InChI=1S/C19H27NO3/c1-13-8-9-16(10-15(13)3)11-19(22)23-12-18(21)20-17-7-5-4-6-14(17)2/h8-10,14,17H,4-7,11-12H2,1-3H3,(H,20,21)/t14-,17+/m1/s1. The molecule has 0 heterocycles. The zero-order chi connectivity index (χ0) is 16.8. The van der Waals surface area contributed by atoms with E-state index in [1.54, 1.807) is 0 Å². The number of esters is 1. The molecule has 0 bridgehead atoms. The van der Waals surface area contributed by atoms with E-state index in [2.05, 4.69) is 12.2 Å². The van der Waals surface area contributed by atoms with Crippen LogP contribution in [0.2, 0.25) is 0 Å². The Hall–Kier alpha value is -1.84. The van der Waals surface area contributed by atoms with Crippen molar-refractivity contribution in [1.29, 1.82) is 0 Å². The molecule has 4 heteroatoms. The third kappa shape index (κ3) is 5.38. The van der Waals surface area contributed by atoms with Crippen molar-refractivity contribution in [2.75, 3.05) is 6.61 Å². The van der Waals surface area contributed by atoms with Crippen LogP contribution in [0.1, 0.15) is 49.3 Å². The van der Waals surface area contributed by atoms with Crippen molar-refractivity contribution in [3.63, 3.8) is 0 Å². The molecule has 0 saturated heterocycles. The number of rotatable bonds is 5. The number of carbonyl (C=O) groups excluding carboxylic acids is 2. The van der Waals surface area contributed by atoms with Gasteiger partial charge in [-0.3, -0.25) is 9.59 Å². The van der Waals surface area contributed by atoms with E-state index in [0.717, 1.165) is 30.4 Å². The highest BCUT2D eigenvalue weighted by molar-refractivity contribution is 5.81. The minimum atomic E-state index is -0.361. The van der Waals surface area contributed by atoms with Gasteiger partial charge in [0.15, 0.2) is 6.61 Å². The molecule has 2 atom stereocenters. The van der Waals surface area contributed by atoms with Gasteiger partial charge in [-0.25, -0.2) is 0 Å². The van der Waals surface area contributed by atoms with Crippen LogP contribution in [-0.2, 0) is 20.7 Å². The lowest BCUT2D eigenvalue weighted by Gasteiger charge is -2.29. The fourth-order valence-electron chi connectivity index (χ4n) is 3.06. The van der Waals surface area contributed by atoms with Crippen LogP contribution in [0.5, 0.6) is 0 Å². The zero-order valence-electron chi connectivity index (χ0n) is 14.4. The third-order valence-electron chi connectivity index (χ3n) is 4.74. The van der Waals surface area contributed by atoms with Crippen LogP contribution in [0.4, 0.5) is 0 Å². The van der Waals surface area contributed by atoms with Crippen LogP contribution >= 0.6 is 0 Å². The zero-order valence-corrected chi connectivity index (χ0v) is 14.4. The van der Waals surface area contributed by atoms with E-state index in [1.165, 1.54) is 12.0 Å². The second-order valence-electron chi connectivity index (χ2n) is 6.69. The molecular formula is C19H27NO3. The molecule has 0 radical (unpaired) electrons. The minimum absolute atomic E-state index is 0.188. The molecule has 1 aromatic rings. The number of nitrogens with one attached hydrogen (secondary N) is 1. The van der Waals surface area contributed by atoms with Crippen LogP contribution in [0, 0.1) is 19.8 Å². The first kappa shape index (κ1) is 17.5. The predicted molar refractivity (Wildman–Crippen MR) is 90.1 cm³/mol. The van der Waals surface area contributed by atoms with Crippen molar-refractivity contribution in [2.45, 2.75) is 58.9 Å². The maximum Gasteiger partial charge on any atom is 0.310 e. The highest BCUT2D eigenvalue weighted by Gasteiger charge is 2.23. The number of benzene rings is 1. The average molecular weight is 317 g/mol. The Balaban J connectivity index is 1.75. The predicted octanol–water partition coefficient (Wildman–Crippen LogP) is 3.08. The lowest BCUT2D eigenvalue weighted by atomic mass is 9.86. The van der Waals surface area contributed by atoms with E-state index in [-0.39, 0.29) is 30.9 Å². The fraction of sp³-hybridized carbons (Fsp3) is 0.579. The minimum Gasteiger partial charge on any atom is -0.455 e. The van der Waals surface area contributed by atoms with Crippen molar-refractivity contribution < 1.29 is 14.3 Å². The van der Waals surface area contributed by atoms with E-state index < -0.39 is 0 Å². The maximum atomic E-state index is 11.9. The maximum absolute atomic E-state index is 11.9. The molecule has 4 nitrogen and oxygen atoms in total. The van der Waals surface area contributed by atoms with E-state index in [0.29, 0.717) is 5.92 Å². The Morgan fingerprint density at radius 1 is 1.17 bits per heavy atom. The molecule has 1 saturated carbocycles. The van der Waals surface area contributed by atoms with Gasteiger partial charge >= 0.3 is 5.97 Å². The largest absolute Gasteiger partial charge is 0.455 e. The van der Waals surface area contributed by atoms with Crippen LogP contribution in [0.3, 0.4) is 0 Å². The van der Waals surface area contributed by atoms with Gasteiger partial charge in [0, 0.05) is 6.04 Å². The molecule has 0 aromatic heterocycles. The summed E-state index contributed by atoms with van der Waals surface area (Å²) in [6.45, 7) is 6.03. The Morgan fingerprint density at radius 2 is 1.91 bits per heavy atom. The van der Waals surface area contributed by atoms with Crippen LogP contribution in [-0.4, -0.2) is 24.5 Å². The Kier molecular flexibility index (Phi) is 6.20. The van der Waals surface area contributed by atoms with Gasteiger partial charge in [0.05, 0.1) is 6.42 Å². The van der Waals surface area contributed by atoms with Crippen molar-refractivity contribution in [2.24, 2.45) is 5.92 Å². The van der Waals surface area contributed by atoms with Gasteiger partial charge in [-0.05, 0) is 49.3 Å². The van der Waals surface area contributed by atoms with Gasteiger partial charge in [-0.2, -0.15) is 0 Å². The summed E-state index contributed by atoms with van der Waals surface area (Å²) in [5.74, 6) is -0.0591. The number of hydrogen-bond acceptors (Lipinski definition) is 3. The van der Waals surface area contributed by atoms with Crippen molar-refractivity contribution in [3.8, 4) is 0 Å². The molecule has 1 N–H and O–H groups in total. The third-order valence-corrected chi connectivity index (χ3v) is 4.74. The van der Waals surface area contributed by atoms with Gasteiger partial charge in [0.25, 0.3) is 5.91 Å². The van der Waals surface area contributed by atoms with Gasteiger partial charge in [0.2, 0.25) is 0 Å². The summed E-state index contributed by atoms with van der Waals surface area (Å²) in [5, 5.41) is 2.99. The molecule has 1 aromatic carbocycles. The smallest absolute Gasteiger partial charge is 0.310 e. The van der Waals surface area contributed by atoms with Crippen LogP contribution in [0.25, 0.3) is 0 Å². The lowest BCUT2D eigenvalue weighted by molar-refractivity contribution is -0.148. The molecule has 1 fully saturated rings. The first-order valence-electron chi connectivity index (χ1n) is 8.47. The number of ether oxygens (including phenoxy) is 1. The average Bonchev–Trinajstić information content (AvgIpc) is 2.51. The molecule has 1 aliphatic rings. The summed E-state index contributed by atoms with van der Waals surface area (Å²) in [4.78, 5) is 23.8. The molecule has 1 amide bonds. The van der Waals surface area contributed by atoms with Gasteiger partial charge in [-0.1, -0.05) is 38.0 Å². The van der Waals surface area contributed by atoms with E-state index >= 15 is 0 Å². The highest BCUT2D eigenvalue weighted by Crippen LogP contribution is 2.23. The lowest BCUT2D eigenvalue weighted by Crippen LogP contribution is -2.42. The first-order valence-corrected chi connectivity index (χ1v) is 8.47. The highest BCUT2D eigenvalue weighted by atomic mass is 16.5. The van der Waals surface area contributed by atoms with Crippen LogP contribution < -0.4 is 5.32 Å². The number of hydrogen-bond donors (Lipinski definition) is 1. The summed E-state index contributed by atoms with van der Waals surface area (Å²) < 4.78 is 5.10. The summed E-state index contributed by atoms with van der Waals surface area (Å²) in [6.07, 6.45) is 4.76. The fourth-order valence-corrected chi connectivity index (χ4v) is 3.06. The Labute approximate surface area is 138 Å².